The molecule has 0 saturated heterocycles. The Kier molecular flexibility index (Phi) is 7.34. The van der Waals surface area contributed by atoms with E-state index in [0.717, 1.165) is 0 Å². The molecule has 0 N–H and O–H groups in total. The Morgan fingerprint density at radius 2 is 1.00 bits per heavy atom. The molecule has 2 rings (SSSR count). The number of ether oxygens (including phenoxy) is 2. The van der Waals surface area contributed by atoms with Crippen LogP contribution in [0, 0.1) is 0 Å². The molecule has 0 fully saturated rings. The summed E-state index contributed by atoms with van der Waals surface area (Å²) in [6, 6.07) is 13.7. The van der Waals surface area contributed by atoms with Crippen LogP contribution >= 0.6 is 17.9 Å². The van der Waals surface area contributed by atoms with Gasteiger partial charge in [0.1, 0.15) is 0 Å². The van der Waals surface area contributed by atoms with Crippen molar-refractivity contribution in [3.63, 3.8) is 0 Å². The van der Waals surface area contributed by atoms with Crippen LogP contribution < -0.4 is 7.22 Å². The number of benzene rings is 2. The van der Waals surface area contributed by atoms with Gasteiger partial charge in [0.15, 0.2) is 0 Å². The van der Waals surface area contributed by atoms with Gasteiger partial charge in [-0.2, -0.15) is 0 Å². The van der Waals surface area contributed by atoms with E-state index in [1.165, 1.54) is 0 Å². The van der Waals surface area contributed by atoms with Crippen LogP contribution in [0.1, 0.15) is 62.3 Å². The normalized spacial score (nSPS) is 13.0. The van der Waals surface area contributed by atoms with E-state index in [9.17, 15) is 9.59 Å². The molecule has 2 aromatic rings. The molecule has 158 valence electrons. The summed E-state index contributed by atoms with van der Waals surface area (Å²) >= 11 is -4.14. The van der Waals surface area contributed by atoms with E-state index in [-0.39, 0.29) is 0 Å². The molecular weight excluding hydrogens is 527 g/mol. The van der Waals surface area contributed by atoms with Crippen LogP contribution in [0.4, 0.5) is 0 Å². The predicted molar refractivity (Wildman–Crippen MR) is 120 cm³/mol. The maximum absolute atomic E-state index is 12.8. The third-order valence-electron chi connectivity index (χ3n) is 3.56. The average Bonchev–Trinajstić information content (AvgIpc) is 2.59. The van der Waals surface area contributed by atoms with Crippen molar-refractivity contribution in [1.82, 2.24) is 0 Å². The average molecular weight is 553 g/mol. The zero-order valence-corrected chi connectivity index (χ0v) is 21.3. The number of carbonyl (C=O) groups excluding carboxylic acids is 2. The Morgan fingerprint density at radius 1 is 0.690 bits per heavy atom. The zero-order valence-electron chi connectivity index (χ0n) is 17.4. The number of esters is 2. The molecule has 29 heavy (non-hydrogen) atoms. The van der Waals surface area contributed by atoms with E-state index in [1.807, 2.05) is 0 Å². The Morgan fingerprint density at radius 3 is 1.31 bits per heavy atom. The van der Waals surface area contributed by atoms with E-state index >= 15 is 0 Å². The molecule has 0 heterocycles. The zero-order chi connectivity index (χ0) is 22.0. The van der Waals surface area contributed by atoms with Gasteiger partial charge in [-0.05, 0) is 0 Å². The van der Waals surface area contributed by atoms with Gasteiger partial charge in [0, 0.05) is 0 Å². The van der Waals surface area contributed by atoms with Crippen molar-refractivity contribution in [2.24, 2.45) is 0 Å². The summed E-state index contributed by atoms with van der Waals surface area (Å²) in [6.07, 6.45) is 0. The van der Waals surface area contributed by atoms with Crippen LogP contribution in [0.15, 0.2) is 48.5 Å². The molecule has 0 aliphatic carbocycles. The molecule has 2 aromatic carbocycles. The number of hydrogen-bond donors (Lipinski definition) is 0. The quantitative estimate of drug-likeness (QED) is 0.410. The van der Waals surface area contributed by atoms with Crippen molar-refractivity contribution in [3.05, 3.63) is 59.7 Å². The molecule has 0 radical (unpaired) electrons. The van der Waals surface area contributed by atoms with Crippen molar-refractivity contribution in [1.29, 1.82) is 0 Å². The first-order chi connectivity index (χ1) is 13.2. The summed E-state index contributed by atoms with van der Waals surface area (Å²) in [7, 11) is 13.9. The molecule has 0 atom stereocenters. The summed E-state index contributed by atoms with van der Waals surface area (Å²) in [5.41, 5.74) is -0.694. The van der Waals surface area contributed by atoms with Crippen LogP contribution in [0.5, 0.6) is 0 Å². The number of halogens is 2. The van der Waals surface area contributed by atoms with Gasteiger partial charge in [-0.1, -0.05) is 0 Å². The summed E-state index contributed by atoms with van der Waals surface area (Å²) in [5, 5.41) is 0. The van der Waals surface area contributed by atoms with E-state index in [2.05, 4.69) is 0 Å². The molecule has 0 bridgehead atoms. The number of carbonyl (C=O) groups is 2. The van der Waals surface area contributed by atoms with Gasteiger partial charge in [-0.3, -0.25) is 0 Å². The molecule has 0 aliphatic heterocycles. The second kappa shape index (κ2) is 8.86. The van der Waals surface area contributed by atoms with Gasteiger partial charge < -0.3 is 0 Å². The Bertz CT molecular complexity index is 838. The molecule has 0 saturated carbocycles. The van der Waals surface area contributed by atoms with Gasteiger partial charge in [0.25, 0.3) is 0 Å². The van der Waals surface area contributed by atoms with Crippen molar-refractivity contribution in [3.8, 4) is 0 Å². The number of rotatable bonds is 4. The standard InChI is InChI=1S/C22H26Cl2O4Te/c1-21(2,3)27-19(25)15-11-7-9-13-17(15)29(23,24)18-14-10-8-12-16(18)20(26)28-22(4,5)6/h7-14H,1-6H3. The first-order valence-corrected chi connectivity index (χ1v) is 17.3. The summed E-state index contributed by atoms with van der Waals surface area (Å²) < 4.78 is 12.1. The molecule has 0 spiro atoms. The van der Waals surface area contributed by atoms with E-state index < -0.39 is 39.1 Å². The molecule has 0 unspecified atom stereocenters. The van der Waals surface area contributed by atoms with Crippen LogP contribution in [0.25, 0.3) is 0 Å². The van der Waals surface area contributed by atoms with Crippen molar-refractivity contribution >= 4 is 53.0 Å². The minimum atomic E-state index is -4.14. The van der Waals surface area contributed by atoms with Gasteiger partial charge in [-0.15, -0.1) is 0 Å². The third-order valence-corrected chi connectivity index (χ3v) is 13.2. The molecule has 7 heteroatoms. The van der Waals surface area contributed by atoms with Gasteiger partial charge in [0.05, 0.1) is 0 Å². The fraction of sp³-hybridized carbons (Fsp3) is 0.364. The van der Waals surface area contributed by atoms with Crippen molar-refractivity contribution < 1.29 is 19.1 Å². The Labute approximate surface area is 183 Å². The second-order valence-electron chi connectivity index (χ2n) is 8.47. The molecule has 0 aromatic heterocycles. The van der Waals surface area contributed by atoms with Gasteiger partial charge in [-0.25, -0.2) is 0 Å². The third kappa shape index (κ3) is 6.36. The van der Waals surface area contributed by atoms with E-state index in [4.69, 9.17) is 27.4 Å². The minimum absolute atomic E-state index is 0.313. The van der Waals surface area contributed by atoms with Crippen molar-refractivity contribution in [2.45, 2.75) is 52.7 Å². The monoisotopic (exact) mass is 554 g/mol. The van der Waals surface area contributed by atoms with Crippen molar-refractivity contribution in [2.75, 3.05) is 0 Å². The first kappa shape index (κ1) is 24.0. The number of hydrogen-bond acceptors (Lipinski definition) is 4. The summed E-state index contributed by atoms with van der Waals surface area (Å²) in [5.74, 6) is -1.00. The molecule has 4 nitrogen and oxygen atoms in total. The van der Waals surface area contributed by atoms with Crippen LogP contribution in [-0.2, 0) is 9.47 Å². The fourth-order valence-electron chi connectivity index (χ4n) is 2.50. The Hall–Kier alpha value is -1.25. The van der Waals surface area contributed by atoms with Crippen LogP contribution in [-0.4, -0.2) is 39.1 Å². The predicted octanol–water partition coefficient (Wildman–Crippen LogP) is 4.63. The molecule has 0 aliphatic rings. The molecule has 0 amide bonds. The first-order valence-electron chi connectivity index (χ1n) is 9.10. The molecular formula is C22H26Cl2O4Te. The fourth-order valence-corrected chi connectivity index (χ4v) is 10.7. The summed E-state index contributed by atoms with van der Waals surface area (Å²) in [6.45, 7) is 10.8. The van der Waals surface area contributed by atoms with E-state index in [1.54, 1.807) is 90.1 Å². The van der Waals surface area contributed by atoms with Crippen LogP contribution in [0.3, 0.4) is 0 Å². The summed E-state index contributed by atoms with van der Waals surface area (Å²) in [4.78, 5) is 25.5. The maximum atomic E-state index is 12.8. The SMILES string of the molecule is CC(C)(C)OC(=O)c1ccccc1[Te](Cl)(Cl)c1ccccc1C(=O)OC(C)(C)C. The van der Waals surface area contributed by atoms with Crippen LogP contribution in [0.2, 0.25) is 0 Å². The van der Waals surface area contributed by atoms with E-state index in [0.29, 0.717) is 18.3 Å². The Balaban J connectivity index is 2.56. The van der Waals surface area contributed by atoms with Gasteiger partial charge in [0.2, 0.25) is 0 Å². The topological polar surface area (TPSA) is 52.6 Å². The second-order valence-corrected chi connectivity index (χ2v) is 20.9. The van der Waals surface area contributed by atoms with Gasteiger partial charge >= 0.3 is 184 Å².